The molecule has 3 aromatic rings. The topological polar surface area (TPSA) is 81.7 Å². The fourth-order valence-corrected chi connectivity index (χ4v) is 4.25. The van der Waals surface area contributed by atoms with E-state index in [1.54, 1.807) is 30.3 Å². The van der Waals surface area contributed by atoms with Crippen molar-refractivity contribution < 1.29 is 22.7 Å². The summed E-state index contributed by atoms with van der Waals surface area (Å²) in [6.07, 6.45) is 0. The Morgan fingerprint density at radius 2 is 1.70 bits per heavy atom. The van der Waals surface area contributed by atoms with Crippen LogP contribution in [0.1, 0.15) is 17.3 Å². The van der Waals surface area contributed by atoms with Gasteiger partial charge in [0.05, 0.1) is 29.1 Å². The second kappa shape index (κ2) is 9.19. The van der Waals surface area contributed by atoms with Crippen LogP contribution in [0, 0.1) is 0 Å². The third-order valence-electron chi connectivity index (χ3n) is 4.24. The number of nitrogens with one attached hydrogen (secondary N) is 1. The average Bonchev–Trinajstić information content (AvgIpc) is 2.74. The van der Waals surface area contributed by atoms with E-state index in [-0.39, 0.29) is 15.5 Å². The molecule has 156 valence electrons. The quantitative estimate of drug-likeness (QED) is 0.563. The van der Waals surface area contributed by atoms with E-state index in [9.17, 15) is 13.2 Å². The van der Waals surface area contributed by atoms with Crippen molar-refractivity contribution in [3.8, 4) is 11.5 Å². The summed E-state index contributed by atoms with van der Waals surface area (Å²) in [5, 5.41) is 3.15. The lowest BCUT2D eigenvalue weighted by molar-refractivity contribution is 0.102. The molecule has 1 N–H and O–H groups in total. The average molecular weight is 446 g/mol. The van der Waals surface area contributed by atoms with Gasteiger partial charge in [-0.1, -0.05) is 23.7 Å². The molecule has 0 saturated carbocycles. The number of para-hydroxylation sites is 1. The Morgan fingerprint density at radius 3 is 2.37 bits per heavy atom. The molecule has 0 aromatic heterocycles. The number of carbonyl (C=O) groups excluding carboxylic acids is 1. The summed E-state index contributed by atoms with van der Waals surface area (Å²) in [5.74, 6) is 0.301. The minimum atomic E-state index is -3.84. The molecule has 0 atom stereocenters. The molecule has 0 spiro atoms. The minimum absolute atomic E-state index is 0.0161. The predicted molar refractivity (Wildman–Crippen MR) is 115 cm³/mol. The number of rotatable bonds is 7. The number of benzene rings is 3. The van der Waals surface area contributed by atoms with E-state index in [2.05, 4.69) is 5.32 Å². The molecular formula is C22H20ClNO5S. The highest BCUT2D eigenvalue weighted by atomic mass is 35.5. The van der Waals surface area contributed by atoms with Crippen molar-refractivity contribution in [2.24, 2.45) is 0 Å². The van der Waals surface area contributed by atoms with Crippen molar-refractivity contribution in [3.05, 3.63) is 77.3 Å². The van der Waals surface area contributed by atoms with Crippen LogP contribution in [0.2, 0.25) is 5.02 Å². The first-order valence-electron chi connectivity index (χ1n) is 9.08. The molecule has 3 aromatic carbocycles. The zero-order valence-corrected chi connectivity index (χ0v) is 18.0. The first kappa shape index (κ1) is 21.7. The van der Waals surface area contributed by atoms with Gasteiger partial charge in [-0.25, -0.2) is 8.42 Å². The van der Waals surface area contributed by atoms with Gasteiger partial charge >= 0.3 is 0 Å². The molecule has 0 aliphatic heterocycles. The van der Waals surface area contributed by atoms with Gasteiger partial charge in [0.2, 0.25) is 9.84 Å². The Kier molecular flexibility index (Phi) is 6.64. The summed E-state index contributed by atoms with van der Waals surface area (Å²) < 4.78 is 36.8. The second-order valence-corrected chi connectivity index (χ2v) is 8.62. The Morgan fingerprint density at radius 1 is 1.00 bits per heavy atom. The number of amides is 1. The van der Waals surface area contributed by atoms with Gasteiger partial charge < -0.3 is 14.8 Å². The van der Waals surface area contributed by atoms with Gasteiger partial charge in [-0.05, 0) is 55.5 Å². The number of hydrogen-bond acceptors (Lipinski definition) is 5. The highest BCUT2D eigenvalue weighted by Crippen LogP contribution is 2.30. The molecule has 30 heavy (non-hydrogen) atoms. The SMILES string of the molecule is CCOc1ccccc1C(=O)Nc1cc(OC)cc(S(=O)(=O)c2ccc(Cl)cc2)c1. The van der Waals surface area contributed by atoms with Crippen LogP contribution in [0.3, 0.4) is 0 Å². The molecule has 0 heterocycles. The number of sulfone groups is 1. The van der Waals surface area contributed by atoms with Crippen molar-refractivity contribution >= 4 is 33.0 Å². The summed E-state index contributed by atoms with van der Waals surface area (Å²) in [6, 6.07) is 17.0. The predicted octanol–water partition coefficient (Wildman–Crippen LogP) is 4.83. The van der Waals surface area contributed by atoms with Crippen molar-refractivity contribution in [2.45, 2.75) is 16.7 Å². The zero-order chi connectivity index (χ0) is 21.7. The van der Waals surface area contributed by atoms with Gasteiger partial charge in [0.25, 0.3) is 5.91 Å². The number of carbonyl (C=O) groups is 1. The molecule has 0 bridgehead atoms. The van der Waals surface area contributed by atoms with E-state index >= 15 is 0 Å². The number of halogens is 1. The molecule has 0 fully saturated rings. The molecule has 1 amide bonds. The Labute approximate surface area is 180 Å². The van der Waals surface area contributed by atoms with Gasteiger partial charge in [0, 0.05) is 16.8 Å². The van der Waals surface area contributed by atoms with Gasteiger partial charge in [-0.2, -0.15) is 0 Å². The van der Waals surface area contributed by atoms with Crippen LogP contribution in [0.25, 0.3) is 0 Å². The van der Waals surface area contributed by atoms with Gasteiger partial charge in [0.15, 0.2) is 0 Å². The minimum Gasteiger partial charge on any atom is -0.497 e. The van der Waals surface area contributed by atoms with Crippen LogP contribution in [0.5, 0.6) is 11.5 Å². The van der Waals surface area contributed by atoms with Crippen LogP contribution in [0.4, 0.5) is 5.69 Å². The smallest absolute Gasteiger partial charge is 0.259 e. The van der Waals surface area contributed by atoms with Crippen LogP contribution >= 0.6 is 11.6 Å². The third kappa shape index (κ3) is 4.75. The molecule has 0 radical (unpaired) electrons. The highest BCUT2D eigenvalue weighted by Gasteiger charge is 2.21. The van der Waals surface area contributed by atoms with Gasteiger partial charge in [-0.3, -0.25) is 4.79 Å². The van der Waals surface area contributed by atoms with Gasteiger partial charge in [0.1, 0.15) is 11.5 Å². The Balaban J connectivity index is 1.97. The molecule has 3 rings (SSSR count). The van der Waals surface area contributed by atoms with Crippen LogP contribution in [0.15, 0.2) is 76.5 Å². The number of hydrogen-bond donors (Lipinski definition) is 1. The van der Waals surface area contributed by atoms with Crippen LogP contribution in [-0.4, -0.2) is 28.0 Å². The summed E-state index contributed by atoms with van der Waals surface area (Å²) in [6.45, 7) is 2.23. The first-order chi connectivity index (χ1) is 14.3. The highest BCUT2D eigenvalue weighted by molar-refractivity contribution is 7.91. The molecule has 6 nitrogen and oxygen atoms in total. The maximum Gasteiger partial charge on any atom is 0.259 e. The van der Waals surface area contributed by atoms with E-state index in [0.29, 0.717) is 28.7 Å². The van der Waals surface area contributed by atoms with E-state index in [4.69, 9.17) is 21.1 Å². The monoisotopic (exact) mass is 445 g/mol. The van der Waals surface area contributed by atoms with Crippen molar-refractivity contribution in [1.29, 1.82) is 0 Å². The van der Waals surface area contributed by atoms with Crippen molar-refractivity contribution in [1.82, 2.24) is 0 Å². The number of anilines is 1. The van der Waals surface area contributed by atoms with Gasteiger partial charge in [-0.15, -0.1) is 0 Å². The lowest BCUT2D eigenvalue weighted by atomic mass is 10.2. The fourth-order valence-electron chi connectivity index (χ4n) is 2.80. The maximum absolute atomic E-state index is 13.0. The van der Waals surface area contributed by atoms with Crippen molar-refractivity contribution in [2.75, 3.05) is 19.0 Å². The summed E-state index contributed by atoms with van der Waals surface area (Å²) in [7, 11) is -2.42. The lowest BCUT2D eigenvalue weighted by Gasteiger charge is -2.13. The van der Waals surface area contributed by atoms with Crippen LogP contribution in [-0.2, 0) is 9.84 Å². The van der Waals surface area contributed by atoms with E-state index in [1.807, 2.05) is 6.92 Å². The maximum atomic E-state index is 13.0. The van der Waals surface area contributed by atoms with E-state index < -0.39 is 15.7 Å². The standard InChI is InChI=1S/C22H20ClNO5S/c1-3-29-21-7-5-4-6-20(21)22(25)24-16-12-17(28-2)14-19(13-16)30(26,27)18-10-8-15(23)9-11-18/h4-14H,3H2,1-2H3,(H,24,25). The molecule has 0 aliphatic rings. The largest absolute Gasteiger partial charge is 0.497 e. The summed E-state index contributed by atoms with van der Waals surface area (Å²) in [5.41, 5.74) is 0.613. The van der Waals surface area contributed by atoms with E-state index in [0.717, 1.165) is 0 Å². The summed E-state index contributed by atoms with van der Waals surface area (Å²) in [4.78, 5) is 12.8. The Bertz CT molecular complexity index is 1160. The van der Waals surface area contributed by atoms with Crippen molar-refractivity contribution in [3.63, 3.8) is 0 Å². The van der Waals surface area contributed by atoms with E-state index in [1.165, 1.54) is 43.5 Å². The fraction of sp³-hybridized carbons (Fsp3) is 0.136. The molecule has 0 unspecified atom stereocenters. The lowest BCUT2D eigenvalue weighted by Crippen LogP contribution is -2.14. The summed E-state index contributed by atoms with van der Waals surface area (Å²) >= 11 is 5.86. The molecule has 0 aliphatic carbocycles. The molecule has 8 heteroatoms. The van der Waals surface area contributed by atoms with Crippen LogP contribution < -0.4 is 14.8 Å². The molecular weight excluding hydrogens is 426 g/mol. The normalized spacial score (nSPS) is 11.0. The third-order valence-corrected chi connectivity index (χ3v) is 6.24. The second-order valence-electron chi connectivity index (χ2n) is 6.24. The first-order valence-corrected chi connectivity index (χ1v) is 10.9. The number of ether oxygens (including phenoxy) is 2. The molecule has 0 saturated heterocycles. The zero-order valence-electron chi connectivity index (χ0n) is 16.4. The number of methoxy groups -OCH3 is 1. The Hall–Kier alpha value is -3.03.